The van der Waals surface area contributed by atoms with Crippen molar-refractivity contribution in [2.45, 2.75) is 25.5 Å². The molecule has 5 rings (SSSR count). The predicted molar refractivity (Wildman–Crippen MR) is 130 cm³/mol. The highest BCUT2D eigenvalue weighted by Gasteiger charge is 2.30. The maximum absolute atomic E-state index is 13.8. The maximum atomic E-state index is 13.8. The van der Waals surface area contributed by atoms with Crippen LogP contribution in [0.1, 0.15) is 39.5 Å². The minimum atomic E-state index is -0.374. The van der Waals surface area contributed by atoms with Crippen LogP contribution in [0, 0.1) is 0 Å². The number of ether oxygens (including phenoxy) is 2. The van der Waals surface area contributed by atoms with Gasteiger partial charge in [-0.3, -0.25) is 9.59 Å². The molecule has 1 N–H and O–H groups in total. The number of methoxy groups -OCH3 is 1. The lowest BCUT2D eigenvalue weighted by Crippen LogP contribution is -2.37. The molecule has 1 atom stereocenters. The van der Waals surface area contributed by atoms with E-state index in [4.69, 9.17) is 18.3 Å². The Balaban J connectivity index is 1.49. The number of hydrogen-bond acceptors (Lipinski definition) is 6. The number of amides is 2. The number of nitrogens with zero attached hydrogens (tertiary/aromatic N) is 1. The molecule has 0 bridgehead atoms. The van der Waals surface area contributed by atoms with Crippen molar-refractivity contribution < 1.29 is 27.9 Å². The summed E-state index contributed by atoms with van der Waals surface area (Å²) in [5.74, 6) is 0.545. The van der Waals surface area contributed by atoms with E-state index in [1.807, 2.05) is 24.3 Å². The van der Waals surface area contributed by atoms with Gasteiger partial charge in [0.1, 0.15) is 22.8 Å². The molecule has 2 amide bonds. The SMILES string of the molecule is COc1cccc(C(=O)Nc2c(C(=O)N(Cc3ccco3)C[C@@H]3CCCO3)oc3ccccc23)c1. The van der Waals surface area contributed by atoms with Gasteiger partial charge < -0.3 is 28.5 Å². The zero-order valence-corrected chi connectivity index (χ0v) is 19.4. The van der Waals surface area contributed by atoms with E-state index in [-0.39, 0.29) is 30.2 Å². The molecular formula is C27H26N2O6. The second kappa shape index (κ2) is 10.1. The van der Waals surface area contributed by atoms with Crippen LogP contribution >= 0.6 is 0 Å². The van der Waals surface area contributed by atoms with Gasteiger partial charge in [0.2, 0.25) is 5.76 Å². The number of carbonyl (C=O) groups excluding carboxylic acids is 2. The molecule has 1 aliphatic heterocycles. The summed E-state index contributed by atoms with van der Waals surface area (Å²) in [5, 5.41) is 3.54. The van der Waals surface area contributed by atoms with Gasteiger partial charge in [-0.05, 0) is 55.3 Å². The first kappa shape index (κ1) is 22.7. The normalized spacial score (nSPS) is 15.3. The molecule has 0 spiro atoms. The Hall–Kier alpha value is -4.04. The van der Waals surface area contributed by atoms with Crippen LogP contribution in [-0.2, 0) is 11.3 Å². The lowest BCUT2D eigenvalue weighted by Gasteiger charge is -2.24. The number of fused-ring (bicyclic) bond motifs is 1. The van der Waals surface area contributed by atoms with Gasteiger partial charge >= 0.3 is 0 Å². The Bertz CT molecular complexity index is 1320. The van der Waals surface area contributed by atoms with Gasteiger partial charge in [0.25, 0.3) is 11.8 Å². The van der Waals surface area contributed by atoms with E-state index >= 15 is 0 Å². The van der Waals surface area contributed by atoms with Crippen LogP contribution in [0.5, 0.6) is 5.75 Å². The Labute approximate surface area is 202 Å². The molecule has 8 nitrogen and oxygen atoms in total. The number of nitrogens with one attached hydrogen (secondary N) is 1. The third-order valence-corrected chi connectivity index (χ3v) is 6.02. The first-order chi connectivity index (χ1) is 17.1. The van der Waals surface area contributed by atoms with Crippen molar-refractivity contribution in [1.82, 2.24) is 4.90 Å². The summed E-state index contributed by atoms with van der Waals surface area (Å²) in [4.78, 5) is 28.6. The molecule has 180 valence electrons. The number of hydrogen-bond donors (Lipinski definition) is 1. The second-order valence-electron chi connectivity index (χ2n) is 8.39. The molecule has 2 aromatic carbocycles. The van der Waals surface area contributed by atoms with Crippen LogP contribution in [0.4, 0.5) is 5.69 Å². The highest BCUT2D eigenvalue weighted by molar-refractivity contribution is 6.14. The van der Waals surface area contributed by atoms with Gasteiger partial charge in [0, 0.05) is 24.1 Å². The van der Waals surface area contributed by atoms with Gasteiger partial charge in [0.15, 0.2) is 0 Å². The zero-order valence-electron chi connectivity index (χ0n) is 19.4. The van der Waals surface area contributed by atoms with Crippen molar-refractivity contribution in [2.24, 2.45) is 0 Å². The van der Waals surface area contributed by atoms with Gasteiger partial charge in [-0.2, -0.15) is 0 Å². The summed E-state index contributed by atoms with van der Waals surface area (Å²) in [6.07, 6.45) is 3.35. The molecule has 0 aliphatic carbocycles. The van der Waals surface area contributed by atoms with Crippen LogP contribution in [0.25, 0.3) is 11.0 Å². The van der Waals surface area contributed by atoms with Crippen LogP contribution < -0.4 is 10.1 Å². The van der Waals surface area contributed by atoms with E-state index in [2.05, 4.69) is 5.32 Å². The molecule has 35 heavy (non-hydrogen) atoms. The highest BCUT2D eigenvalue weighted by Crippen LogP contribution is 2.33. The minimum absolute atomic E-state index is 0.0619. The van der Waals surface area contributed by atoms with E-state index in [1.54, 1.807) is 54.7 Å². The largest absolute Gasteiger partial charge is 0.497 e. The Morgan fingerprint density at radius 2 is 2.00 bits per heavy atom. The van der Waals surface area contributed by atoms with Crippen molar-refractivity contribution in [1.29, 1.82) is 0 Å². The monoisotopic (exact) mass is 474 g/mol. The van der Waals surface area contributed by atoms with E-state index in [1.165, 1.54) is 0 Å². The molecule has 8 heteroatoms. The van der Waals surface area contributed by atoms with E-state index < -0.39 is 0 Å². The van der Waals surface area contributed by atoms with Gasteiger partial charge in [-0.1, -0.05) is 18.2 Å². The Morgan fingerprint density at radius 3 is 2.77 bits per heavy atom. The molecule has 3 heterocycles. The van der Waals surface area contributed by atoms with E-state index in [0.29, 0.717) is 46.9 Å². The minimum Gasteiger partial charge on any atom is -0.497 e. The summed E-state index contributed by atoms with van der Waals surface area (Å²) in [6.45, 7) is 1.33. The topological polar surface area (TPSA) is 94.2 Å². The number of carbonyl (C=O) groups is 2. The highest BCUT2D eigenvalue weighted by atomic mass is 16.5. The zero-order chi connectivity index (χ0) is 24.2. The number of rotatable bonds is 8. The first-order valence-corrected chi connectivity index (χ1v) is 11.5. The molecule has 0 radical (unpaired) electrons. The molecule has 4 aromatic rings. The maximum Gasteiger partial charge on any atom is 0.292 e. The van der Waals surface area contributed by atoms with Crippen LogP contribution in [0.2, 0.25) is 0 Å². The number of anilines is 1. The molecule has 1 fully saturated rings. The molecule has 1 saturated heterocycles. The average molecular weight is 475 g/mol. The lowest BCUT2D eigenvalue weighted by molar-refractivity contribution is 0.0471. The van der Waals surface area contributed by atoms with Crippen LogP contribution in [0.3, 0.4) is 0 Å². The Kier molecular flexibility index (Phi) is 6.54. The fraction of sp³-hybridized carbons (Fsp3) is 0.259. The van der Waals surface area contributed by atoms with E-state index in [0.717, 1.165) is 12.8 Å². The third-order valence-electron chi connectivity index (χ3n) is 6.02. The predicted octanol–water partition coefficient (Wildman–Crippen LogP) is 5.11. The fourth-order valence-corrected chi connectivity index (χ4v) is 4.26. The quantitative estimate of drug-likeness (QED) is 0.382. The van der Waals surface area contributed by atoms with Crippen molar-refractivity contribution in [3.63, 3.8) is 0 Å². The van der Waals surface area contributed by atoms with Crippen molar-refractivity contribution in [2.75, 3.05) is 25.6 Å². The average Bonchev–Trinajstić information content (AvgIpc) is 3.66. The summed E-state index contributed by atoms with van der Waals surface area (Å²) in [6, 6.07) is 17.7. The fourth-order valence-electron chi connectivity index (χ4n) is 4.26. The standard InChI is InChI=1S/C27H26N2O6/c1-32-19-8-4-7-18(15-19)26(30)28-24-22-11-2-3-12-23(22)35-25(24)27(31)29(16-20-9-5-13-33-20)17-21-10-6-14-34-21/h2-5,7-9,11-13,15,21H,6,10,14,16-17H2,1H3,(H,28,30)/t21-/m0/s1. The van der Waals surface area contributed by atoms with Crippen molar-refractivity contribution in [3.8, 4) is 5.75 Å². The summed E-state index contributed by atoms with van der Waals surface area (Å²) < 4.78 is 22.5. The van der Waals surface area contributed by atoms with Crippen LogP contribution in [-0.4, -0.2) is 43.1 Å². The Morgan fingerprint density at radius 1 is 1.11 bits per heavy atom. The smallest absolute Gasteiger partial charge is 0.292 e. The summed E-state index contributed by atoms with van der Waals surface area (Å²) in [5.41, 5.74) is 1.24. The number of furan rings is 2. The van der Waals surface area contributed by atoms with Crippen molar-refractivity contribution in [3.05, 3.63) is 84.0 Å². The molecule has 1 aliphatic rings. The lowest BCUT2D eigenvalue weighted by atomic mass is 10.1. The third kappa shape index (κ3) is 4.93. The summed E-state index contributed by atoms with van der Waals surface area (Å²) >= 11 is 0. The molecular weight excluding hydrogens is 448 g/mol. The summed E-state index contributed by atoms with van der Waals surface area (Å²) in [7, 11) is 1.54. The van der Waals surface area contributed by atoms with Gasteiger partial charge in [-0.15, -0.1) is 0 Å². The van der Waals surface area contributed by atoms with Crippen LogP contribution in [0.15, 0.2) is 75.8 Å². The first-order valence-electron chi connectivity index (χ1n) is 11.5. The molecule has 0 saturated carbocycles. The number of benzene rings is 2. The number of para-hydroxylation sites is 1. The van der Waals surface area contributed by atoms with Gasteiger partial charge in [-0.25, -0.2) is 0 Å². The van der Waals surface area contributed by atoms with Crippen molar-refractivity contribution >= 4 is 28.5 Å². The second-order valence-corrected chi connectivity index (χ2v) is 8.39. The van der Waals surface area contributed by atoms with E-state index in [9.17, 15) is 9.59 Å². The molecule has 0 unspecified atom stereocenters. The van der Waals surface area contributed by atoms with Gasteiger partial charge in [0.05, 0.1) is 26.0 Å². The molecule has 2 aromatic heterocycles.